The Labute approximate surface area is 179 Å². The van der Waals surface area contributed by atoms with Crippen molar-refractivity contribution in [3.63, 3.8) is 0 Å². The Kier molecular flexibility index (Phi) is 7.99. The van der Waals surface area contributed by atoms with E-state index in [-0.39, 0.29) is 17.9 Å². The molecule has 0 bridgehead atoms. The van der Waals surface area contributed by atoms with Crippen molar-refractivity contribution in [2.24, 2.45) is 0 Å². The summed E-state index contributed by atoms with van der Waals surface area (Å²) in [5.74, 6) is 0.0705. The third-order valence-corrected chi connectivity index (χ3v) is 5.54. The number of benzene rings is 2. The van der Waals surface area contributed by atoms with Crippen LogP contribution in [0.3, 0.4) is 0 Å². The highest BCUT2D eigenvalue weighted by molar-refractivity contribution is 5.98. The standard InChI is InChI=1S/C24H32N4O2/c1-3-13-25-23(29)18-27-14-16-28(17-15-27)19(2)24(30)26-22-12-8-7-11-21(22)20-9-5-4-6-10-20/h4-12,19H,3,13-18H2,1-2H3,(H,25,29)(H,26,30)/t19-/m0/s1. The molecule has 0 aliphatic carbocycles. The Balaban J connectivity index is 1.55. The second-order valence-corrected chi connectivity index (χ2v) is 7.74. The number of piperazine rings is 1. The summed E-state index contributed by atoms with van der Waals surface area (Å²) in [6, 6.07) is 17.7. The van der Waals surface area contributed by atoms with Crippen LogP contribution in [-0.4, -0.2) is 66.9 Å². The van der Waals surface area contributed by atoms with Crippen LogP contribution in [0.15, 0.2) is 54.6 Å². The monoisotopic (exact) mass is 408 g/mol. The molecule has 2 aromatic carbocycles. The fourth-order valence-electron chi connectivity index (χ4n) is 3.70. The molecule has 0 unspecified atom stereocenters. The lowest BCUT2D eigenvalue weighted by Crippen LogP contribution is -2.54. The first-order chi connectivity index (χ1) is 14.6. The lowest BCUT2D eigenvalue weighted by Gasteiger charge is -2.37. The van der Waals surface area contributed by atoms with Gasteiger partial charge < -0.3 is 10.6 Å². The van der Waals surface area contributed by atoms with Gasteiger partial charge in [0.05, 0.1) is 12.6 Å². The molecule has 1 saturated heterocycles. The summed E-state index contributed by atoms with van der Waals surface area (Å²) in [7, 11) is 0. The van der Waals surface area contributed by atoms with E-state index in [1.165, 1.54) is 0 Å². The molecule has 30 heavy (non-hydrogen) atoms. The summed E-state index contributed by atoms with van der Waals surface area (Å²) >= 11 is 0. The van der Waals surface area contributed by atoms with E-state index in [0.29, 0.717) is 6.54 Å². The largest absolute Gasteiger partial charge is 0.355 e. The van der Waals surface area contributed by atoms with Crippen molar-refractivity contribution < 1.29 is 9.59 Å². The van der Waals surface area contributed by atoms with Crippen molar-refractivity contribution in [1.82, 2.24) is 15.1 Å². The third kappa shape index (κ3) is 5.90. The van der Waals surface area contributed by atoms with Gasteiger partial charge in [-0.05, 0) is 25.0 Å². The lowest BCUT2D eigenvalue weighted by atomic mass is 10.0. The molecule has 1 atom stereocenters. The van der Waals surface area contributed by atoms with E-state index in [9.17, 15) is 9.59 Å². The molecule has 0 saturated carbocycles. The van der Waals surface area contributed by atoms with Crippen molar-refractivity contribution in [3.8, 4) is 11.1 Å². The van der Waals surface area contributed by atoms with Gasteiger partial charge in [-0.3, -0.25) is 19.4 Å². The van der Waals surface area contributed by atoms with Gasteiger partial charge >= 0.3 is 0 Å². The maximum absolute atomic E-state index is 12.9. The van der Waals surface area contributed by atoms with Crippen LogP contribution in [0, 0.1) is 0 Å². The zero-order valence-electron chi connectivity index (χ0n) is 17.9. The van der Waals surface area contributed by atoms with Crippen LogP contribution in [0.25, 0.3) is 11.1 Å². The number of para-hydroxylation sites is 1. The Morgan fingerprint density at radius 2 is 1.63 bits per heavy atom. The number of amides is 2. The van der Waals surface area contributed by atoms with Crippen LogP contribution in [0.4, 0.5) is 5.69 Å². The molecular formula is C24H32N4O2. The first kappa shape index (κ1) is 22.0. The fourth-order valence-corrected chi connectivity index (χ4v) is 3.70. The molecule has 0 aromatic heterocycles. The van der Waals surface area contributed by atoms with E-state index in [4.69, 9.17) is 0 Å². The average molecular weight is 409 g/mol. The number of nitrogens with one attached hydrogen (secondary N) is 2. The maximum Gasteiger partial charge on any atom is 0.241 e. The summed E-state index contributed by atoms with van der Waals surface area (Å²) in [4.78, 5) is 29.2. The number of hydrogen-bond acceptors (Lipinski definition) is 4. The van der Waals surface area contributed by atoms with Crippen molar-refractivity contribution in [1.29, 1.82) is 0 Å². The van der Waals surface area contributed by atoms with E-state index >= 15 is 0 Å². The Morgan fingerprint density at radius 1 is 0.967 bits per heavy atom. The van der Waals surface area contributed by atoms with Gasteiger partial charge in [0.15, 0.2) is 0 Å². The second kappa shape index (κ2) is 10.9. The molecule has 1 aliphatic heterocycles. The quantitative estimate of drug-likeness (QED) is 0.705. The van der Waals surface area contributed by atoms with E-state index in [2.05, 4.69) is 20.4 Å². The number of rotatable bonds is 8. The summed E-state index contributed by atoms with van der Waals surface area (Å²) in [6.07, 6.45) is 0.944. The van der Waals surface area contributed by atoms with E-state index in [1.807, 2.05) is 68.4 Å². The van der Waals surface area contributed by atoms with Gasteiger partial charge in [0.2, 0.25) is 11.8 Å². The lowest BCUT2D eigenvalue weighted by molar-refractivity contribution is -0.124. The number of carbonyl (C=O) groups is 2. The molecular weight excluding hydrogens is 376 g/mol. The molecule has 0 spiro atoms. The summed E-state index contributed by atoms with van der Waals surface area (Å²) in [6.45, 7) is 8.27. The van der Waals surface area contributed by atoms with Gasteiger partial charge in [-0.25, -0.2) is 0 Å². The molecule has 2 aromatic rings. The summed E-state index contributed by atoms with van der Waals surface area (Å²) in [5, 5.41) is 6.03. The zero-order valence-corrected chi connectivity index (χ0v) is 17.9. The molecule has 160 valence electrons. The molecule has 1 heterocycles. The minimum absolute atomic E-state index is 0.00693. The SMILES string of the molecule is CCCNC(=O)CN1CCN([C@@H](C)C(=O)Nc2ccccc2-c2ccccc2)CC1. The van der Waals surface area contributed by atoms with Crippen LogP contribution in [-0.2, 0) is 9.59 Å². The number of anilines is 1. The minimum atomic E-state index is -0.232. The van der Waals surface area contributed by atoms with Crippen molar-refractivity contribution in [2.45, 2.75) is 26.3 Å². The number of carbonyl (C=O) groups excluding carboxylic acids is 2. The fraction of sp³-hybridized carbons (Fsp3) is 0.417. The van der Waals surface area contributed by atoms with Crippen LogP contribution >= 0.6 is 0 Å². The van der Waals surface area contributed by atoms with Gasteiger partial charge in [0.25, 0.3) is 0 Å². The van der Waals surface area contributed by atoms with Gasteiger partial charge in [0.1, 0.15) is 0 Å². The van der Waals surface area contributed by atoms with E-state index < -0.39 is 0 Å². The van der Waals surface area contributed by atoms with E-state index in [0.717, 1.165) is 56.0 Å². The van der Waals surface area contributed by atoms with Crippen molar-refractivity contribution in [2.75, 3.05) is 44.6 Å². The minimum Gasteiger partial charge on any atom is -0.355 e. The van der Waals surface area contributed by atoms with Crippen LogP contribution in [0.1, 0.15) is 20.3 Å². The maximum atomic E-state index is 12.9. The Morgan fingerprint density at radius 3 is 2.33 bits per heavy atom. The molecule has 1 aliphatic rings. The second-order valence-electron chi connectivity index (χ2n) is 7.74. The number of hydrogen-bond donors (Lipinski definition) is 2. The molecule has 3 rings (SSSR count). The van der Waals surface area contributed by atoms with E-state index in [1.54, 1.807) is 0 Å². The predicted octanol–water partition coefficient (Wildman–Crippen LogP) is 2.82. The highest BCUT2D eigenvalue weighted by atomic mass is 16.2. The molecule has 2 N–H and O–H groups in total. The third-order valence-electron chi connectivity index (χ3n) is 5.54. The van der Waals surface area contributed by atoms with Gasteiger partial charge in [-0.15, -0.1) is 0 Å². The first-order valence-corrected chi connectivity index (χ1v) is 10.8. The highest BCUT2D eigenvalue weighted by Crippen LogP contribution is 2.27. The normalized spacial score (nSPS) is 16.1. The topological polar surface area (TPSA) is 64.7 Å². The smallest absolute Gasteiger partial charge is 0.241 e. The molecule has 0 radical (unpaired) electrons. The summed E-state index contributed by atoms with van der Waals surface area (Å²) < 4.78 is 0. The number of nitrogens with zero attached hydrogens (tertiary/aromatic N) is 2. The van der Waals surface area contributed by atoms with Crippen molar-refractivity contribution in [3.05, 3.63) is 54.6 Å². The molecule has 6 nitrogen and oxygen atoms in total. The van der Waals surface area contributed by atoms with Gasteiger partial charge in [-0.1, -0.05) is 55.5 Å². The van der Waals surface area contributed by atoms with Crippen LogP contribution < -0.4 is 10.6 Å². The molecule has 6 heteroatoms. The summed E-state index contributed by atoms with van der Waals surface area (Å²) in [5.41, 5.74) is 2.92. The van der Waals surface area contributed by atoms with Crippen LogP contribution in [0.5, 0.6) is 0 Å². The molecule has 1 fully saturated rings. The van der Waals surface area contributed by atoms with Crippen LogP contribution in [0.2, 0.25) is 0 Å². The first-order valence-electron chi connectivity index (χ1n) is 10.8. The Bertz CT molecular complexity index is 832. The molecule has 2 amide bonds. The predicted molar refractivity (Wildman–Crippen MR) is 121 cm³/mol. The Hall–Kier alpha value is -2.70. The van der Waals surface area contributed by atoms with Gasteiger partial charge in [0, 0.05) is 44.0 Å². The zero-order chi connectivity index (χ0) is 21.3. The van der Waals surface area contributed by atoms with Crippen molar-refractivity contribution >= 4 is 17.5 Å². The highest BCUT2D eigenvalue weighted by Gasteiger charge is 2.26. The average Bonchev–Trinajstić information content (AvgIpc) is 2.78. The van der Waals surface area contributed by atoms with Gasteiger partial charge in [-0.2, -0.15) is 0 Å².